The van der Waals surface area contributed by atoms with E-state index in [2.05, 4.69) is 48.5 Å². The number of benzene rings is 2. The first kappa shape index (κ1) is 12.2. The molecule has 1 nitrogen and oxygen atoms in total. The van der Waals surface area contributed by atoms with Crippen molar-refractivity contribution in [3.05, 3.63) is 71.3 Å². The molecule has 2 N–H and O–H groups in total. The molecule has 1 aliphatic rings. The fraction of sp³-hybridized carbons (Fsp3) is 0.200. The van der Waals surface area contributed by atoms with Crippen LogP contribution in [0, 0.1) is 0 Å². The van der Waals surface area contributed by atoms with Gasteiger partial charge in [0, 0.05) is 5.54 Å². The third-order valence-electron chi connectivity index (χ3n) is 3.48. The summed E-state index contributed by atoms with van der Waals surface area (Å²) in [5, 5.41) is 0. The van der Waals surface area contributed by atoms with Gasteiger partial charge in [0.2, 0.25) is 0 Å². The van der Waals surface area contributed by atoms with Crippen LogP contribution in [0.3, 0.4) is 0 Å². The third kappa shape index (κ3) is 2.08. The Balaban J connectivity index is 0.00000108. The van der Waals surface area contributed by atoms with Crippen LogP contribution in [-0.2, 0) is 18.4 Å². The van der Waals surface area contributed by atoms with Crippen molar-refractivity contribution >= 4 is 12.4 Å². The van der Waals surface area contributed by atoms with Crippen LogP contribution < -0.4 is 5.73 Å². The van der Waals surface area contributed by atoms with E-state index in [1.165, 1.54) is 16.7 Å². The second-order valence-electron chi connectivity index (χ2n) is 4.64. The van der Waals surface area contributed by atoms with Crippen molar-refractivity contribution in [2.45, 2.75) is 18.4 Å². The SMILES string of the molecule is Cl.NC1(c2ccccc2)Cc2ccccc2C1. The lowest BCUT2D eigenvalue weighted by molar-refractivity contribution is 0.473. The summed E-state index contributed by atoms with van der Waals surface area (Å²) in [5.74, 6) is 0. The molecule has 0 aliphatic heterocycles. The molecule has 2 heteroatoms. The smallest absolute Gasteiger partial charge is 0.0491 e. The van der Waals surface area contributed by atoms with Gasteiger partial charge in [-0.15, -0.1) is 12.4 Å². The van der Waals surface area contributed by atoms with Crippen molar-refractivity contribution in [1.82, 2.24) is 0 Å². The fourth-order valence-electron chi connectivity index (χ4n) is 2.62. The molecule has 2 aromatic rings. The van der Waals surface area contributed by atoms with E-state index in [1.807, 2.05) is 6.07 Å². The average Bonchev–Trinajstić information content (AvgIpc) is 2.68. The van der Waals surface area contributed by atoms with Crippen molar-refractivity contribution in [2.75, 3.05) is 0 Å². The summed E-state index contributed by atoms with van der Waals surface area (Å²) in [6.07, 6.45) is 1.90. The maximum Gasteiger partial charge on any atom is 0.0491 e. The highest BCUT2D eigenvalue weighted by Gasteiger charge is 2.34. The van der Waals surface area contributed by atoms with Gasteiger partial charge >= 0.3 is 0 Å². The molecule has 0 saturated heterocycles. The molecule has 0 unspecified atom stereocenters. The van der Waals surface area contributed by atoms with Gasteiger partial charge in [-0.3, -0.25) is 0 Å². The minimum atomic E-state index is -0.203. The lowest BCUT2D eigenvalue weighted by Gasteiger charge is -2.24. The number of nitrogens with two attached hydrogens (primary N) is 1. The van der Waals surface area contributed by atoms with E-state index in [0.29, 0.717) is 0 Å². The summed E-state index contributed by atoms with van der Waals surface area (Å²) in [4.78, 5) is 0. The van der Waals surface area contributed by atoms with E-state index in [9.17, 15) is 0 Å². The van der Waals surface area contributed by atoms with E-state index in [4.69, 9.17) is 5.73 Å². The van der Waals surface area contributed by atoms with Gasteiger partial charge in [-0.05, 0) is 29.5 Å². The molecule has 0 heterocycles. The molecule has 0 aromatic heterocycles. The summed E-state index contributed by atoms with van der Waals surface area (Å²) in [6, 6.07) is 19.0. The van der Waals surface area contributed by atoms with Gasteiger partial charge in [0.15, 0.2) is 0 Å². The van der Waals surface area contributed by atoms with Gasteiger partial charge in [-0.2, -0.15) is 0 Å². The number of rotatable bonds is 1. The maximum atomic E-state index is 6.53. The highest BCUT2D eigenvalue weighted by molar-refractivity contribution is 5.85. The fourth-order valence-corrected chi connectivity index (χ4v) is 2.62. The molecular weight excluding hydrogens is 230 g/mol. The van der Waals surface area contributed by atoms with Crippen molar-refractivity contribution in [3.8, 4) is 0 Å². The van der Waals surface area contributed by atoms with Crippen molar-refractivity contribution in [1.29, 1.82) is 0 Å². The molecule has 0 fully saturated rings. The Morgan fingerprint density at radius 3 is 1.76 bits per heavy atom. The predicted molar refractivity (Wildman–Crippen MR) is 73.4 cm³/mol. The second kappa shape index (κ2) is 4.52. The van der Waals surface area contributed by atoms with Crippen molar-refractivity contribution in [2.24, 2.45) is 5.73 Å². The zero-order valence-corrected chi connectivity index (χ0v) is 10.4. The van der Waals surface area contributed by atoms with E-state index in [1.54, 1.807) is 0 Å². The standard InChI is InChI=1S/C15H15N.ClH/c16-15(14-8-2-1-3-9-14)10-12-6-4-5-7-13(12)11-15;/h1-9H,10-11,16H2;1H. The lowest BCUT2D eigenvalue weighted by Crippen LogP contribution is -2.37. The van der Waals surface area contributed by atoms with Crippen LogP contribution in [0.25, 0.3) is 0 Å². The van der Waals surface area contributed by atoms with Gasteiger partial charge in [0.1, 0.15) is 0 Å². The van der Waals surface area contributed by atoms with Crippen LogP contribution in [0.4, 0.5) is 0 Å². The van der Waals surface area contributed by atoms with Gasteiger partial charge in [-0.25, -0.2) is 0 Å². The Kier molecular flexibility index (Phi) is 3.23. The topological polar surface area (TPSA) is 26.0 Å². The molecule has 88 valence electrons. The summed E-state index contributed by atoms with van der Waals surface area (Å²) < 4.78 is 0. The lowest BCUT2D eigenvalue weighted by atomic mass is 9.88. The van der Waals surface area contributed by atoms with E-state index >= 15 is 0 Å². The molecule has 0 atom stereocenters. The average molecular weight is 246 g/mol. The quantitative estimate of drug-likeness (QED) is 0.821. The molecule has 3 rings (SSSR count). The molecule has 0 amide bonds. The van der Waals surface area contributed by atoms with Gasteiger partial charge in [0.25, 0.3) is 0 Å². The van der Waals surface area contributed by atoms with Crippen LogP contribution in [0.1, 0.15) is 16.7 Å². The predicted octanol–water partition coefficient (Wildman–Crippen LogP) is 3.06. The zero-order valence-electron chi connectivity index (χ0n) is 9.60. The zero-order chi connectivity index (χ0) is 11.0. The number of fused-ring (bicyclic) bond motifs is 1. The maximum absolute atomic E-state index is 6.53. The van der Waals surface area contributed by atoms with Crippen molar-refractivity contribution in [3.63, 3.8) is 0 Å². The molecule has 1 aliphatic carbocycles. The normalized spacial score (nSPS) is 16.1. The Hall–Kier alpha value is -1.31. The first-order valence-electron chi connectivity index (χ1n) is 5.69. The van der Waals surface area contributed by atoms with Crippen LogP contribution in [0.5, 0.6) is 0 Å². The second-order valence-corrected chi connectivity index (χ2v) is 4.64. The Bertz CT molecular complexity index is 482. The molecule has 17 heavy (non-hydrogen) atoms. The molecule has 0 radical (unpaired) electrons. The summed E-state index contributed by atoms with van der Waals surface area (Å²) in [6.45, 7) is 0. The Morgan fingerprint density at radius 1 is 0.765 bits per heavy atom. The number of hydrogen-bond donors (Lipinski definition) is 1. The monoisotopic (exact) mass is 245 g/mol. The van der Waals surface area contributed by atoms with Crippen LogP contribution in [0.15, 0.2) is 54.6 Å². The first-order chi connectivity index (χ1) is 7.78. The Labute approximate surface area is 108 Å². The molecule has 0 spiro atoms. The van der Waals surface area contributed by atoms with E-state index in [-0.39, 0.29) is 17.9 Å². The van der Waals surface area contributed by atoms with Gasteiger partial charge in [0.05, 0.1) is 0 Å². The van der Waals surface area contributed by atoms with E-state index < -0.39 is 0 Å². The van der Waals surface area contributed by atoms with Crippen LogP contribution in [-0.4, -0.2) is 0 Å². The minimum absolute atomic E-state index is 0. The molecule has 2 aromatic carbocycles. The van der Waals surface area contributed by atoms with Crippen molar-refractivity contribution < 1.29 is 0 Å². The molecule has 0 bridgehead atoms. The summed E-state index contributed by atoms with van der Waals surface area (Å²) in [5.41, 5.74) is 10.4. The number of halogens is 1. The van der Waals surface area contributed by atoms with Gasteiger partial charge < -0.3 is 5.73 Å². The first-order valence-corrected chi connectivity index (χ1v) is 5.69. The van der Waals surface area contributed by atoms with E-state index in [0.717, 1.165) is 12.8 Å². The largest absolute Gasteiger partial charge is 0.321 e. The highest BCUT2D eigenvalue weighted by atomic mass is 35.5. The minimum Gasteiger partial charge on any atom is -0.321 e. The highest BCUT2D eigenvalue weighted by Crippen LogP contribution is 2.35. The summed E-state index contributed by atoms with van der Waals surface area (Å²) in [7, 11) is 0. The van der Waals surface area contributed by atoms with Crippen LogP contribution >= 0.6 is 12.4 Å². The number of hydrogen-bond acceptors (Lipinski definition) is 1. The molecule has 0 saturated carbocycles. The Morgan fingerprint density at radius 2 is 1.24 bits per heavy atom. The van der Waals surface area contributed by atoms with Gasteiger partial charge in [-0.1, -0.05) is 54.6 Å². The molecular formula is C15H16ClN. The summed E-state index contributed by atoms with van der Waals surface area (Å²) >= 11 is 0. The van der Waals surface area contributed by atoms with Crippen LogP contribution in [0.2, 0.25) is 0 Å². The third-order valence-corrected chi connectivity index (χ3v) is 3.48.